The second kappa shape index (κ2) is 4.13. The van der Waals surface area contributed by atoms with Gasteiger partial charge in [0.2, 0.25) is 0 Å². The van der Waals surface area contributed by atoms with Crippen LogP contribution in [-0.4, -0.2) is 0 Å². The molecule has 0 radical (unpaired) electrons. The van der Waals surface area contributed by atoms with Crippen molar-refractivity contribution in [3.05, 3.63) is 41.0 Å². The zero-order valence-electron chi connectivity index (χ0n) is 8.59. The van der Waals surface area contributed by atoms with Crippen LogP contribution in [0.4, 0.5) is 0 Å². The van der Waals surface area contributed by atoms with E-state index in [1.807, 2.05) is 0 Å². The summed E-state index contributed by atoms with van der Waals surface area (Å²) in [7, 11) is 0. The maximum Gasteiger partial charge on any atom is 0.0376 e. The Morgan fingerprint density at radius 3 is 2.23 bits per heavy atom. The fraction of sp³-hybridized carbons (Fsp3) is 0.333. The van der Waals surface area contributed by atoms with Crippen LogP contribution in [0.1, 0.15) is 31.4 Å². The van der Waals surface area contributed by atoms with Crippen molar-refractivity contribution in [1.82, 2.24) is 0 Å². The fourth-order valence-corrected chi connectivity index (χ4v) is 1.17. The summed E-state index contributed by atoms with van der Waals surface area (Å²) in [4.78, 5) is 0. The Balaban J connectivity index is 3.02. The molecular weight excluding hydrogens is 158 g/mol. The highest BCUT2D eigenvalue weighted by atomic mass is 14.6. The maximum absolute atomic E-state index is 5.98. The minimum atomic E-state index is 0.919. The Hall–Kier alpha value is -1.24. The molecule has 1 aromatic rings. The van der Waals surface area contributed by atoms with Gasteiger partial charge in [0.15, 0.2) is 0 Å². The van der Waals surface area contributed by atoms with Gasteiger partial charge in [-0.3, -0.25) is 0 Å². The minimum absolute atomic E-state index is 0.919. The van der Waals surface area contributed by atoms with Crippen molar-refractivity contribution >= 4 is 5.70 Å². The standard InChI is InChI=1S/C12H17N/c1-4-10(3)12(13)11-7-5-9(2)6-8-11/h5-8H,4,13H2,1-3H3/b12-10+. The van der Waals surface area contributed by atoms with E-state index in [0.29, 0.717) is 0 Å². The summed E-state index contributed by atoms with van der Waals surface area (Å²) < 4.78 is 0. The first kappa shape index (κ1) is 9.85. The van der Waals surface area contributed by atoms with Crippen LogP contribution < -0.4 is 5.73 Å². The molecule has 13 heavy (non-hydrogen) atoms. The molecule has 0 aliphatic carbocycles. The summed E-state index contributed by atoms with van der Waals surface area (Å²) in [5.41, 5.74) is 10.6. The Morgan fingerprint density at radius 1 is 1.23 bits per heavy atom. The largest absolute Gasteiger partial charge is 0.398 e. The third-order valence-electron chi connectivity index (χ3n) is 2.35. The van der Waals surface area contributed by atoms with Crippen molar-refractivity contribution in [2.24, 2.45) is 5.73 Å². The highest BCUT2D eigenvalue weighted by Crippen LogP contribution is 2.15. The van der Waals surface area contributed by atoms with Gasteiger partial charge < -0.3 is 5.73 Å². The molecule has 0 spiro atoms. The molecule has 70 valence electrons. The molecule has 0 aliphatic heterocycles. The molecule has 2 N–H and O–H groups in total. The third-order valence-corrected chi connectivity index (χ3v) is 2.35. The lowest BCUT2D eigenvalue weighted by Gasteiger charge is -2.06. The smallest absolute Gasteiger partial charge is 0.0376 e. The van der Waals surface area contributed by atoms with Crippen LogP contribution in [0.15, 0.2) is 29.8 Å². The molecule has 0 amide bonds. The average molecular weight is 175 g/mol. The topological polar surface area (TPSA) is 26.0 Å². The van der Waals surface area contributed by atoms with E-state index in [1.165, 1.54) is 11.1 Å². The van der Waals surface area contributed by atoms with Gasteiger partial charge in [0.05, 0.1) is 0 Å². The van der Waals surface area contributed by atoms with Crippen LogP contribution in [-0.2, 0) is 0 Å². The Morgan fingerprint density at radius 2 is 1.77 bits per heavy atom. The molecule has 1 nitrogen and oxygen atoms in total. The van der Waals surface area contributed by atoms with E-state index in [0.717, 1.165) is 17.7 Å². The lowest BCUT2D eigenvalue weighted by molar-refractivity contribution is 1.09. The van der Waals surface area contributed by atoms with Gasteiger partial charge in [-0.15, -0.1) is 0 Å². The molecule has 1 heteroatoms. The minimum Gasteiger partial charge on any atom is -0.398 e. The normalized spacial score (nSPS) is 12.5. The third kappa shape index (κ3) is 2.35. The van der Waals surface area contributed by atoms with Gasteiger partial charge in [-0.25, -0.2) is 0 Å². The fourth-order valence-electron chi connectivity index (χ4n) is 1.17. The summed E-state index contributed by atoms with van der Waals surface area (Å²) in [5.74, 6) is 0. The van der Waals surface area contributed by atoms with E-state index >= 15 is 0 Å². The molecular formula is C12H17N. The molecule has 1 rings (SSSR count). The first-order valence-electron chi connectivity index (χ1n) is 4.67. The van der Waals surface area contributed by atoms with E-state index in [1.54, 1.807) is 0 Å². The van der Waals surface area contributed by atoms with Crippen LogP contribution in [0, 0.1) is 6.92 Å². The van der Waals surface area contributed by atoms with E-state index < -0.39 is 0 Å². The molecule has 0 atom stereocenters. The van der Waals surface area contributed by atoms with Gasteiger partial charge in [0.1, 0.15) is 0 Å². The maximum atomic E-state index is 5.98. The van der Waals surface area contributed by atoms with Gasteiger partial charge >= 0.3 is 0 Å². The molecule has 0 heterocycles. The second-order valence-electron chi connectivity index (χ2n) is 3.41. The van der Waals surface area contributed by atoms with Crippen LogP contribution in [0.3, 0.4) is 0 Å². The van der Waals surface area contributed by atoms with Crippen LogP contribution >= 0.6 is 0 Å². The Labute approximate surface area is 80.3 Å². The zero-order chi connectivity index (χ0) is 9.84. The number of aryl methyl sites for hydroxylation is 1. The SMILES string of the molecule is CC/C(C)=C(/N)c1ccc(C)cc1. The molecule has 0 saturated carbocycles. The summed E-state index contributed by atoms with van der Waals surface area (Å²) in [6, 6.07) is 8.32. The van der Waals surface area contributed by atoms with Crippen LogP contribution in [0.5, 0.6) is 0 Å². The molecule has 0 aromatic heterocycles. The summed E-state index contributed by atoms with van der Waals surface area (Å²) in [6.07, 6.45) is 1.01. The van der Waals surface area contributed by atoms with Gasteiger partial charge in [-0.1, -0.05) is 42.3 Å². The molecule has 0 fully saturated rings. The van der Waals surface area contributed by atoms with Gasteiger partial charge in [-0.05, 0) is 25.8 Å². The van der Waals surface area contributed by atoms with E-state index in [-0.39, 0.29) is 0 Å². The lowest BCUT2D eigenvalue weighted by atomic mass is 10.1. The van der Waals surface area contributed by atoms with E-state index in [4.69, 9.17) is 5.73 Å². The number of nitrogens with two attached hydrogens (primary N) is 1. The van der Waals surface area contributed by atoms with Crippen LogP contribution in [0.25, 0.3) is 5.70 Å². The molecule has 0 unspecified atom stereocenters. The van der Waals surface area contributed by atoms with Gasteiger partial charge in [0.25, 0.3) is 0 Å². The first-order valence-corrected chi connectivity index (χ1v) is 4.67. The van der Waals surface area contributed by atoms with Crippen molar-refractivity contribution < 1.29 is 0 Å². The predicted octanol–water partition coefficient (Wildman–Crippen LogP) is 3.09. The number of hydrogen-bond acceptors (Lipinski definition) is 1. The lowest BCUT2D eigenvalue weighted by Crippen LogP contribution is -1.99. The van der Waals surface area contributed by atoms with Crippen LogP contribution in [0.2, 0.25) is 0 Å². The van der Waals surface area contributed by atoms with Crippen molar-refractivity contribution in [2.45, 2.75) is 27.2 Å². The van der Waals surface area contributed by atoms with Gasteiger partial charge in [-0.2, -0.15) is 0 Å². The zero-order valence-corrected chi connectivity index (χ0v) is 8.59. The summed E-state index contributed by atoms with van der Waals surface area (Å²) in [5, 5.41) is 0. The Kier molecular flexibility index (Phi) is 3.13. The molecule has 0 aliphatic rings. The van der Waals surface area contributed by atoms with Gasteiger partial charge in [0, 0.05) is 5.70 Å². The molecule has 0 bridgehead atoms. The van der Waals surface area contributed by atoms with Crippen molar-refractivity contribution in [2.75, 3.05) is 0 Å². The van der Waals surface area contributed by atoms with Crippen molar-refractivity contribution in [3.63, 3.8) is 0 Å². The summed E-state index contributed by atoms with van der Waals surface area (Å²) in [6.45, 7) is 6.28. The molecule has 1 aromatic carbocycles. The quantitative estimate of drug-likeness (QED) is 0.734. The highest BCUT2D eigenvalue weighted by Gasteiger charge is 1.98. The number of rotatable bonds is 2. The van der Waals surface area contributed by atoms with E-state index in [9.17, 15) is 0 Å². The molecule has 0 saturated heterocycles. The van der Waals surface area contributed by atoms with Crippen molar-refractivity contribution in [1.29, 1.82) is 0 Å². The predicted molar refractivity (Wildman–Crippen MR) is 58.3 cm³/mol. The van der Waals surface area contributed by atoms with Crippen molar-refractivity contribution in [3.8, 4) is 0 Å². The number of benzene rings is 1. The Bertz CT molecular complexity index is 306. The van der Waals surface area contributed by atoms with E-state index in [2.05, 4.69) is 45.0 Å². The number of allylic oxidation sites excluding steroid dienone is 1. The highest BCUT2D eigenvalue weighted by molar-refractivity contribution is 5.65. The monoisotopic (exact) mass is 175 g/mol. The number of hydrogen-bond donors (Lipinski definition) is 1. The second-order valence-corrected chi connectivity index (χ2v) is 3.41. The summed E-state index contributed by atoms with van der Waals surface area (Å²) >= 11 is 0. The average Bonchev–Trinajstić information content (AvgIpc) is 2.17. The first-order chi connectivity index (χ1) is 6.15.